The highest BCUT2D eigenvalue weighted by Crippen LogP contribution is 2.67. The van der Waals surface area contributed by atoms with Crippen LogP contribution in [0.25, 0.3) is 0 Å². The molecule has 7 atom stereocenters. The summed E-state index contributed by atoms with van der Waals surface area (Å²) in [5, 5.41) is 10.3. The number of ketones is 1. The molecule has 0 amide bonds. The summed E-state index contributed by atoms with van der Waals surface area (Å²) < 4.78 is 5.25. The highest BCUT2D eigenvalue weighted by atomic mass is 16.5. The van der Waals surface area contributed by atoms with Gasteiger partial charge in [0.05, 0.1) is 0 Å². The maximum atomic E-state index is 12.0. The number of esters is 1. The van der Waals surface area contributed by atoms with E-state index in [4.69, 9.17) is 4.74 Å². The van der Waals surface area contributed by atoms with E-state index in [-0.39, 0.29) is 22.6 Å². The lowest BCUT2D eigenvalue weighted by atomic mass is 9.46. The van der Waals surface area contributed by atoms with Crippen molar-refractivity contribution in [3.05, 3.63) is 23.8 Å². The van der Waals surface area contributed by atoms with Crippen molar-refractivity contribution in [1.82, 2.24) is 0 Å². The van der Waals surface area contributed by atoms with Gasteiger partial charge in [-0.1, -0.05) is 26.0 Å². The predicted octanol–water partition coefficient (Wildman–Crippen LogP) is 4.22. The number of allylic oxidation sites excluding steroid dienone is 1. The van der Waals surface area contributed by atoms with Crippen LogP contribution in [-0.4, -0.2) is 29.6 Å². The molecule has 0 radical (unpaired) electrons. The van der Waals surface area contributed by atoms with Crippen LogP contribution in [0.3, 0.4) is 0 Å². The van der Waals surface area contributed by atoms with Crippen molar-refractivity contribution in [1.29, 1.82) is 0 Å². The zero-order chi connectivity index (χ0) is 20.3. The summed E-state index contributed by atoms with van der Waals surface area (Å²) >= 11 is 0. The Hall–Kier alpha value is -1.42. The number of aliphatic hydroxyl groups is 1. The van der Waals surface area contributed by atoms with Gasteiger partial charge < -0.3 is 9.84 Å². The summed E-state index contributed by atoms with van der Waals surface area (Å²) in [6.45, 7) is 10.8. The van der Waals surface area contributed by atoms with Gasteiger partial charge in [-0.2, -0.15) is 0 Å². The molecular weight excluding hydrogens is 352 g/mol. The van der Waals surface area contributed by atoms with Gasteiger partial charge in [0.25, 0.3) is 0 Å². The van der Waals surface area contributed by atoms with Crippen molar-refractivity contribution < 1.29 is 19.4 Å². The fourth-order valence-electron chi connectivity index (χ4n) is 7.58. The Morgan fingerprint density at radius 1 is 1.25 bits per heavy atom. The van der Waals surface area contributed by atoms with E-state index in [0.717, 1.165) is 37.7 Å². The molecule has 0 aromatic heterocycles. The van der Waals surface area contributed by atoms with Crippen LogP contribution >= 0.6 is 0 Å². The largest absolute Gasteiger partial charge is 0.461 e. The molecule has 28 heavy (non-hydrogen) atoms. The van der Waals surface area contributed by atoms with Crippen LogP contribution in [0, 0.1) is 34.5 Å². The molecule has 0 aliphatic heterocycles. The lowest BCUT2D eigenvalue weighted by Gasteiger charge is -2.58. The number of hydrogen-bond donors (Lipinski definition) is 1. The minimum atomic E-state index is -0.833. The van der Waals surface area contributed by atoms with Gasteiger partial charge in [0.1, 0.15) is 12.7 Å². The Bertz CT molecular complexity index is 737. The van der Waals surface area contributed by atoms with E-state index >= 15 is 0 Å². The molecule has 0 saturated heterocycles. The maximum Gasteiger partial charge on any atom is 0.302 e. The number of fused-ring (bicyclic) bond motifs is 5. The smallest absolute Gasteiger partial charge is 0.302 e. The highest BCUT2D eigenvalue weighted by molar-refractivity contribution is 5.95. The summed E-state index contributed by atoms with van der Waals surface area (Å²) in [7, 11) is 0. The molecule has 4 heteroatoms. The molecule has 0 aromatic rings. The molecule has 3 fully saturated rings. The molecule has 154 valence electrons. The van der Waals surface area contributed by atoms with Gasteiger partial charge in [-0.25, -0.2) is 0 Å². The van der Waals surface area contributed by atoms with Crippen molar-refractivity contribution in [3.8, 4) is 0 Å². The first-order chi connectivity index (χ1) is 13.2. The standard InChI is InChI=1S/C24H34O4/c1-14(13-28-15(2)25)18-7-8-19-17-6-5-16-11-21(26)22(27)12-24(16,4)20(17)9-10-23(18,19)3/h11,17-20,22,27H,1,5-10,12-13H2,2-4H3/t17-,18+,19-,20-,22?,23+,24-/m0/s1. The normalized spacial score (nSPS) is 44.8. The first-order valence-electron chi connectivity index (χ1n) is 10.9. The fourth-order valence-corrected chi connectivity index (χ4v) is 7.58. The zero-order valence-corrected chi connectivity index (χ0v) is 17.5. The maximum absolute atomic E-state index is 12.0. The van der Waals surface area contributed by atoms with Crippen LogP contribution in [0.4, 0.5) is 0 Å². The predicted molar refractivity (Wildman–Crippen MR) is 107 cm³/mol. The fraction of sp³-hybridized carbons (Fsp3) is 0.750. The van der Waals surface area contributed by atoms with Gasteiger partial charge in [0.15, 0.2) is 5.78 Å². The molecule has 0 spiro atoms. The molecule has 0 aromatic carbocycles. The van der Waals surface area contributed by atoms with Crippen LogP contribution in [0.2, 0.25) is 0 Å². The van der Waals surface area contributed by atoms with Gasteiger partial charge in [0.2, 0.25) is 0 Å². The lowest BCUT2D eigenvalue weighted by molar-refractivity contribution is -0.140. The van der Waals surface area contributed by atoms with E-state index in [9.17, 15) is 14.7 Å². The van der Waals surface area contributed by atoms with E-state index in [1.54, 1.807) is 6.08 Å². The molecule has 0 heterocycles. The number of carbonyl (C=O) groups excluding carboxylic acids is 2. The summed E-state index contributed by atoms with van der Waals surface area (Å²) in [6.07, 6.45) is 8.28. The Balaban J connectivity index is 1.57. The van der Waals surface area contributed by atoms with Gasteiger partial charge in [-0.15, -0.1) is 0 Å². The molecule has 3 saturated carbocycles. The van der Waals surface area contributed by atoms with Gasteiger partial charge in [-0.05, 0) is 91.1 Å². The number of carbonyl (C=O) groups is 2. The molecule has 4 rings (SSSR count). The molecule has 0 bridgehead atoms. The Labute approximate surface area is 168 Å². The summed E-state index contributed by atoms with van der Waals surface area (Å²) in [5.74, 6) is 1.92. The highest BCUT2D eigenvalue weighted by Gasteiger charge is 2.59. The number of hydrogen-bond acceptors (Lipinski definition) is 4. The zero-order valence-electron chi connectivity index (χ0n) is 17.5. The van der Waals surface area contributed by atoms with Crippen LogP contribution < -0.4 is 0 Å². The van der Waals surface area contributed by atoms with Crippen molar-refractivity contribution in [2.24, 2.45) is 34.5 Å². The SMILES string of the molecule is C=C(COC(C)=O)[C@H]1CC[C@H]2[C@@H]3CCC4=CC(=O)C(O)C[C@]4(C)[C@H]3CC[C@]12C. The molecule has 4 aliphatic carbocycles. The Morgan fingerprint density at radius 3 is 2.71 bits per heavy atom. The number of rotatable bonds is 3. The van der Waals surface area contributed by atoms with Crippen molar-refractivity contribution in [2.75, 3.05) is 6.61 Å². The second kappa shape index (κ2) is 6.83. The monoisotopic (exact) mass is 386 g/mol. The molecular formula is C24H34O4. The Kier molecular flexibility index (Phi) is 4.85. The van der Waals surface area contributed by atoms with Crippen LogP contribution in [0.15, 0.2) is 23.8 Å². The van der Waals surface area contributed by atoms with Crippen molar-refractivity contribution in [2.45, 2.75) is 71.8 Å². The minimum Gasteiger partial charge on any atom is -0.461 e. The quantitative estimate of drug-likeness (QED) is 0.582. The third-order valence-corrected chi connectivity index (χ3v) is 8.95. The van der Waals surface area contributed by atoms with E-state index < -0.39 is 6.10 Å². The Morgan fingerprint density at radius 2 is 2.00 bits per heavy atom. The molecule has 1 N–H and O–H groups in total. The summed E-state index contributed by atoms with van der Waals surface area (Å²) in [5.41, 5.74) is 2.53. The van der Waals surface area contributed by atoms with E-state index in [2.05, 4.69) is 20.4 Å². The summed E-state index contributed by atoms with van der Waals surface area (Å²) in [6, 6.07) is 0. The third kappa shape index (κ3) is 2.91. The number of aliphatic hydroxyl groups excluding tert-OH is 1. The van der Waals surface area contributed by atoms with Crippen LogP contribution in [0.5, 0.6) is 0 Å². The second-order valence-electron chi connectivity index (χ2n) is 10.2. The van der Waals surface area contributed by atoms with Gasteiger partial charge in [-0.3, -0.25) is 9.59 Å². The second-order valence-corrected chi connectivity index (χ2v) is 10.2. The average molecular weight is 387 g/mol. The topological polar surface area (TPSA) is 63.6 Å². The third-order valence-electron chi connectivity index (χ3n) is 8.95. The van der Waals surface area contributed by atoms with Gasteiger partial charge >= 0.3 is 5.97 Å². The van der Waals surface area contributed by atoms with Crippen LogP contribution in [-0.2, 0) is 14.3 Å². The summed E-state index contributed by atoms with van der Waals surface area (Å²) in [4.78, 5) is 23.3. The van der Waals surface area contributed by atoms with E-state index in [0.29, 0.717) is 36.7 Å². The van der Waals surface area contributed by atoms with Crippen molar-refractivity contribution in [3.63, 3.8) is 0 Å². The van der Waals surface area contributed by atoms with Crippen LogP contribution in [0.1, 0.15) is 65.7 Å². The van der Waals surface area contributed by atoms with Gasteiger partial charge in [0, 0.05) is 6.92 Å². The first-order valence-corrected chi connectivity index (χ1v) is 10.9. The first kappa shape index (κ1) is 19.9. The molecule has 4 aliphatic rings. The van der Waals surface area contributed by atoms with Crippen molar-refractivity contribution >= 4 is 11.8 Å². The lowest BCUT2D eigenvalue weighted by Crippen LogP contribution is -2.52. The molecule has 1 unspecified atom stereocenters. The number of ether oxygens (including phenoxy) is 1. The van der Waals surface area contributed by atoms with E-state index in [1.807, 2.05) is 0 Å². The molecule has 4 nitrogen and oxygen atoms in total. The average Bonchev–Trinajstić information content (AvgIpc) is 2.98. The minimum absolute atomic E-state index is 0.0373. The van der Waals surface area contributed by atoms with E-state index in [1.165, 1.54) is 18.9 Å².